The van der Waals surface area contributed by atoms with E-state index in [0.717, 1.165) is 44.3 Å². The first-order chi connectivity index (χ1) is 11.0. The number of amides is 2. The van der Waals surface area contributed by atoms with E-state index in [4.69, 9.17) is 5.73 Å². The number of likely N-dealkylation sites (tertiary alicyclic amines) is 1. The lowest BCUT2D eigenvalue weighted by Crippen LogP contribution is -2.40. The van der Waals surface area contributed by atoms with Gasteiger partial charge in [-0.3, -0.25) is 13.8 Å². The molecule has 1 heterocycles. The Kier molecular flexibility index (Phi) is 6.33. The second-order valence-electron chi connectivity index (χ2n) is 5.97. The number of benzene rings is 1. The van der Waals surface area contributed by atoms with E-state index in [1.807, 2.05) is 4.90 Å². The number of carbonyl (C=O) groups is 2. The summed E-state index contributed by atoms with van der Waals surface area (Å²) in [5, 5.41) is -0.537. The van der Waals surface area contributed by atoms with Crippen LogP contribution < -0.4 is 5.73 Å². The van der Waals surface area contributed by atoms with Crippen LogP contribution in [0.25, 0.3) is 0 Å². The largest absolute Gasteiger partial charge is 0.366 e. The van der Waals surface area contributed by atoms with E-state index in [0.29, 0.717) is 5.56 Å². The van der Waals surface area contributed by atoms with Gasteiger partial charge in [-0.05, 0) is 37.5 Å². The molecule has 0 spiro atoms. The van der Waals surface area contributed by atoms with E-state index in [2.05, 4.69) is 0 Å². The lowest BCUT2D eigenvalue weighted by atomic mass is 10.1. The van der Waals surface area contributed by atoms with Gasteiger partial charge < -0.3 is 10.6 Å². The molecule has 5 nitrogen and oxygen atoms in total. The highest BCUT2D eigenvalue weighted by atomic mass is 32.2. The Balaban J connectivity index is 2.00. The van der Waals surface area contributed by atoms with Crippen LogP contribution in [0.5, 0.6) is 0 Å². The highest BCUT2D eigenvalue weighted by Gasteiger charge is 2.26. The SMILES string of the molecule is C[C@@H](C(=O)N1CCCCCC1)[S@](=O)Cc1cccc(C(N)=O)c1. The summed E-state index contributed by atoms with van der Waals surface area (Å²) in [6.07, 6.45) is 4.35. The molecule has 126 valence electrons. The highest BCUT2D eigenvalue weighted by molar-refractivity contribution is 7.85. The quantitative estimate of drug-likeness (QED) is 0.890. The molecule has 2 N–H and O–H groups in total. The number of hydrogen-bond donors (Lipinski definition) is 1. The average molecular weight is 336 g/mol. The van der Waals surface area contributed by atoms with Crippen molar-refractivity contribution in [2.45, 2.75) is 43.6 Å². The van der Waals surface area contributed by atoms with Gasteiger partial charge in [-0.15, -0.1) is 0 Å². The molecule has 0 saturated carbocycles. The van der Waals surface area contributed by atoms with Gasteiger partial charge >= 0.3 is 0 Å². The van der Waals surface area contributed by atoms with Crippen molar-refractivity contribution in [2.75, 3.05) is 13.1 Å². The Labute approximate surface area is 139 Å². The maximum absolute atomic E-state index is 12.5. The fourth-order valence-electron chi connectivity index (χ4n) is 2.76. The molecule has 0 bridgehead atoms. The highest BCUT2D eigenvalue weighted by Crippen LogP contribution is 2.15. The zero-order valence-electron chi connectivity index (χ0n) is 13.5. The van der Waals surface area contributed by atoms with Crippen molar-refractivity contribution >= 4 is 22.6 Å². The van der Waals surface area contributed by atoms with Gasteiger partial charge in [-0.25, -0.2) is 0 Å². The summed E-state index contributed by atoms with van der Waals surface area (Å²) in [6, 6.07) is 6.78. The van der Waals surface area contributed by atoms with Gasteiger partial charge in [-0.2, -0.15) is 0 Å². The van der Waals surface area contributed by atoms with Crippen LogP contribution in [0.3, 0.4) is 0 Å². The zero-order valence-corrected chi connectivity index (χ0v) is 14.3. The molecule has 1 aliphatic heterocycles. The van der Waals surface area contributed by atoms with Crippen LogP contribution in [0.15, 0.2) is 24.3 Å². The van der Waals surface area contributed by atoms with Crippen molar-refractivity contribution in [3.05, 3.63) is 35.4 Å². The Hall–Kier alpha value is -1.69. The van der Waals surface area contributed by atoms with E-state index >= 15 is 0 Å². The van der Waals surface area contributed by atoms with E-state index in [1.165, 1.54) is 0 Å². The van der Waals surface area contributed by atoms with Crippen LogP contribution in [0.4, 0.5) is 0 Å². The van der Waals surface area contributed by atoms with Gasteiger partial charge in [0.1, 0.15) is 5.25 Å². The van der Waals surface area contributed by atoms with E-state index in [-0.39, 0.29) is 11.7 Å². The normalized spacial score (nSPS) is 18.0. The molecule has 6 heteroatoms. The third-order valence-corrected chi connectivity index (χ3v) is 5.79. The molecule has 0 radical (unpaired) electrons. The van der Waals surface area contributed by atoms with Crippen LogP contribution in [0, 0.1) is 0 Å². The Morgan fingerprint density at radius 2 is 1.87 bits per heavy atom. The maximum Gasteiger partial charge on any atom is 0.248 e. The summed E-state index contributed by atoms with van der Waals surface area (Å²) in [5.74, 6) is -0.287. The van der Waals surface area contributed by atoms with Crippen molar-refractivity contribution in [3.63, 3.8) is 0 Å². The molecule has 1 aromatic rings. The lowest BCUT2D eigenvalue weighted by Gasteiger charge is -2.23. The lowest BCUT2D eigenvalue weighted by molar-refractivity contribution is -0.130. The number of nitrogens with two attached hydrogens (primary N) is 1. The number of hydrogen-bond acceptors (Lipinski definition) is 3. The summed E-state index contributed by atoms with van der Waals surface area (Å²) in [4.78, 5) is 25.6. The van der Waals surface area contributed by atoms with Crippen molar-refractivity contribution in [2.24, 2.45) is 5.73 Å². The van der Waals surface area contributed by atoms with Crippen LogP contribution >= 0.6 is 0 Å². The van der Waals surface area contributed by atoms with Crippen LogP contribution in [-0.4, -0.2) is 39.3 Å². The Morgan fingerprint density at radius 1 is 1.22 bits per heavy atom. The van der Waals surface area contributed by atoms with Gasteiger partial charge in [-0.1, -0.05) is 25.0 Å². The molecule has 2 rings (SSSR count). The summed E-state index contributed by atoms with van der Waals surface area (Å²) < 4.78 is 12.5. The number of primary amides is 1. The Bertz CT molecular complexity index is 595. The number of rotatable bonds is 5. The zero-order chi connectivity index (χ0) is 16.8. The molecule has 2 amide bonds. The fraction of sp³-hybridized carbons (Fsp3) is 0.529. The number of nitrogens with zero attached hydrogens (tertiary/aromatic N) is 1. The van der Waals surface area contributed by atoms with E-state index < -0.39 is 22.0 Å². The molecular weight excluding hydrogens is 312 g/mol. The van der Waals surface area contributed by atoms with Gasteiger partial charge in [0.2, 0.25) is 11.8 Å². The van der Waals surface area contributed by atoms with Crippen molar-refractivity contribution in [1.82, 2.24) is 4.90 Å². The van der Waals surface area contributed by atoms with E-state index in [9.17, 15) is 13.8 Å². The van der Waals surface area contributed by atoms with Crippen molar-refractivity contribution in [3.8, 4) is 0 Å². The maximum atomic E-state index is 12.5. The van der Waals surface area contributed by atoms with Crippen LogP contribution in [0.2, 0.25) is 0 Å². The minimum absolute atomic E-state index is 0.0312. The molecule has 1 aromatic carbocycles. The van der Waals surface area contributed by atoms with Gasteiger partial charge in [0.15, 0.2) is 0 Å². The van der Waals surface area contributed by atoms with Crippen LogP contribution in [0.1, 0.15) is 48.5 Å². The standard InChI is InChI=1S/C17H24N2O3S/c1-13(17(21)19-9-4-2-3-5-10-19)23(22)12-14-7-6-8-15(11-14)16(18)20/h6-8,11,13H,2-5,9-10,12H2,1H3,(H2,18,20)/t13-,23+/m0/s1. The molecule has 23 heavy (non-hydrogen) atoms. The molecule has 2 atom stereocenters. The van der Waals surface area contributed by atoms with Gasteiger partial charge in [0.25, 0.3) is 0 Å². The summed E-state index contributed by atoms with van der Waals surface area (Å²) in [6.45, 7) is 3.25. The summed E-state index contributed by atoms with van der Waals surface area (Å²) in [7, 11) is -1.32. The predicted octanol–water partition coefficient (Wildman–Crippen LogP) is 1.83. The third-order valence-electron chi connectivity index (χ3n) is 4.18. The van der Waals surface area contributed by atoms with Crippen molar-refractivity contribution < 1.29 is 13.8 Å². The first-order valence-corrected chi connectivity index (χ1v) is 9.42. The monoisotopic (exact) mass is 336 g/mol. The minimum Gasteiger partial charge on any atom is -0.366 e. The average Bonchev–Trinajstić information content (AvgIpc) is 2.82. The van der Waals surface area contributed by atoms with Crippen molar-refractivity contribution in [1.29, 1.82) is 0 Å². The van der Waals surface area contributed by atoms with E-state index in [1.54, 1.807) is 31.2 Å². The smallest absolute Gasteiger partial charge is 0.248 e. The third kappa shape index (κ3) is 4.89. The molecule has 0 aromatic heterocycles. The Morgan fingerprint density at radius 3 is 2.48 bits per heavy atom. The molecule has 1 saturated heterocycles. The second-order valence-corrected chi connectivity index (χ2v) is 7.73. The number of carbonyl (C=O) groups excluding carboxylic acids is 2. The van der Waals surface area contributed by atoms with Crippen LogP contribution in [-0.2, 0) is 21.3 Å². The predicted molar refractivity (Wildman–Crippen MR) is 91.3 cm³/mol. The molecule has 1 fully saturated rings. The van der Waals surface area contributed by atoms with Gasteiger partial charge in [0, 0.05) is 35.2 Å². The second kappa shape index (κ2) is 8.24. The molecule has 1 aliphatic rings. The van der Waals surface area contributed by atoms with Gasteiger partial charge in [0.05, 0.1) is 0 Å². The first-order valence-electron chi connectivity index (χ1n) is 8.03. The topological polar surface area (TPSA) is 80.5 Å². The summed E-state index contributed by atoms with van der Waals surface area (Å²) >= 11 is 0. The molecule has 0 unspecified atom stereocenters. The summed E-state index contributed by atoms with van der Waals surface area (Å²) in [5.41, 5.74) is 6.41. The fourth-order valence-corrected chi connectivity index (χ4v) is 3.90. The minimum atomic E-state index is -1.32. The first kappa shape index (κ1) is 17.7. The molecular formula is C17H24N2O3S. The molecule has 0 aliphatic carbocycles.